The molecule has 5 atom stereocenters. The van der Waals surface area contributed by atoms with Gasteiger partial charge in [-0.25, -0.2) is 5.43 Å². The summed E-state index contributed by atoms with van der Waals surface area (Å²) >= 11 is 0. The van der Waals surface area contributed by atoms with Gasteiger partial charge in [0.1, 0.15) is 0 Å². The largest absolute Gasteiger partial charge is 0.466 e. The van der Waals surface area contributed by atoms with E-state index in [0.717, 1.165) is 43.6 Å². The molecule has 3 aliphatic heterocycles. The van der Waals surface area contributed by atoms with Gasteiger partial charge in [-0.2, -0.15) is 0 Å². The van der Waals surface area contributed by atoms with Crippen LogP contribution in [0.2, 0.25) is 0 Å². The minimum Gasteiger partial charge on any atom is -0.466 e. The molecule has 5 N–H and O–H groups in total. The first kappa shape index (κ1) is 24.2. The number of nitrogens with zero attached hydrogens (tertiary/aromatic N) is 1. The van der Waals surface area contributed by atoms with E-state index in [-0.39, 0.29) is 47.5 Å². The van der Waals surface area contributed by atoms with Crippen molar-refractivity contribution in [3.05, 3.63) is 60.2 Å². The van der Waals surface area contributed by atoms with Crippen LogP contribution in [-0.2, 0) is 14.3 Å². The number of fused-ring (bicyclic) bond motifs is 1. The van der Waals surface area contributed by atoms with Crippen LogP contribution in [-0.4, -0.2) is 50.3 Å². The van der Waals surface area contributed by atoms with Crippen LogP contribution in [0.15, 0.2) is 54.6 Å². The molecule has 6 rings (SSSR count). The summed E-state index contributed by atoms with van der Waals surface area (Å²) in [4.78, 5) is 27.3. The van der Waals surface area contributed by atoms with Gasteiger partial charge < -0.3 is 15.0 Å². The van der Waals surface area contributed by atoms with E-state index in [1.165, 1.54) is 5.69 Å². The maximum atomic E-state index is 12.8. The molecular weight excluding hydrogens is 468 g/mol. The van der Waals surface area contributed by atoms with Gasteiger partial charge in [0.25, 0.3) is 0 Å². The molecule has 1 saturated carbocycles. The number of benzene rings is 2. The molecule has 9 heteroatoms. The van der Waals surface area contributed by atoms with E-state index >= 15 is 0 Å². The minimum atomic E-state index is -0.259. The average molecular weight is 505 g/mol. The summed E-state index contributed by atoms with van der Waals surface area (Å²) in [6, 6.07) is 18.7. The topological polar surface area (TPSA) is 107 Å². The lowest BCUT2D eigenvalue weighted by molar-refractivity contribution is -0.145. The minimum absolute atomic E-state index is 0.00138. The zero-order chi connectivity index (χ0) is 25.4. The Kier molecular flexibility index (Phi) is 6.52. The predicted molar refractivity (Wildman–Crippen MR) is 141 cm³/mol. The molecule has 1 aliphatic carbocycles. The standard InChI is InChI=1S/C28H36N6O3/c1-2-37-27(36)21-16-28(21)12-14-34(15-13-28)20-10-8-19(9-11-20)30-25-23-22(17-29-33-26(23)35)31-24(32-25)18-6-4-3-5-7-18/h3-11,21-25,29-32H,2,12-17H2,1H3,(H,33,35). The molecule has 0 aromatic heterocycles. The number of carbonyl (C=O) groups excluding carboxylic acids is 2. The normalized spacial score (nSPS) is 30.2. The van der Waals surface area contributed by atoms with E-state index in [1.807, 2.05) is 25.1 Å². The molecule has 196 valence electrons. The van der Waals surface area contributed by atoms with Gasteiger partial charge in [-0.3, -0.25) is 25.6 Å². The molecule has 1 amide bonds. The highest BCUT2D eigenvalue weighted by Crippen LogP contribution is 2.60. The summed E-state index contributed by atoms with van der Waals surface area (Å²) in [5.41, 5.74) is 9.25. The number of hydrogen-bond donors (Lipinski definition) is 5. The zero-order valence-electron chi connectivity index (χ0n) is 21.2. The molecular formula is C28H36N6O3. The number of ether oxygens (including phenoxy) is 1. The van der Waals surface area contributed by atoms with Crippen LogP contribution < -0.4 is 31.7 Å². The van der Waals surface area contributed by atoms with E-state index in [1.54, 1.807) is 0 Å². The highest BCUT2D eigenvalue weighted by molar-refractivity contribution is 5.81. The summed E-state index contributed by atoms with van der Waals surface area (Å²) in [6.07, 6.45) is 2.74. The van der Waals surface area contributed by atoms with E-state index in [4.69, 9.17) is 4.74 Å². The number of hydrogen-bond acceptors (Lipinski definition) is 8. The summed E-state index contributed by atoms with van der Waals surface area (Å²) in [7, 11) is 0. The van der Waals surface area contributed by atoms with Crippen molar-refractivity contribution >= 4 is 23.3 Å². The Hall–Kier alpha value is -3.14. The molecule has 3 saturated heterocycles. The molecule has 37 heavy (non-hydrogen) atoms. The molecule has 0 bridgehead atoms. The van der Waals surface area contributed by atoms with Gasteiger partial charge >= 0.3 is 5.97 Å². The molecule has 2 aromatic carbocycles. The fraction of sp³-hybridized carbons (Fsp3) is 0.500. The molecule has 4 aliphatic rings. The maximum Gasteiger partial charge on any atom is 0.309 e. The van der Waals surface area contributed by atoms with Crippen molar-refractivity contribution in [3.63, 3.8) is 0 Å². The van der Waals surface area contributed by atoms with Crippen molar-refractivity contribution < 1.29 is 14.3 Å². The molecule has 9 nitrogen and oxygen atoms in total. The lowest BCUT2D eigenvalue weighted by atomic mass is 9.89. The summed E-state index contributed by atoms with van der Waals surface area (Å²) in [6.45, 7) is 4.89. The SMILES string of the molecule is CCOC(=O)C1CC12CCN(c1ccc(NC3NC(c4ccccc4)NC4CNNC(=O)C43)cc1)CC2. The van der Waals surface area contributed by atoms with Crippen LogP contribution in [0.4, 0.5) is 11.4 Å². The molecule has 5 unspecified atom stereocenters. The van der Waals surface area contributed by atoms with Crippen molar-refractivity contribution in [2.24, 2.45) is 17.3 Å². The number of esters is 1. The second kappa shape index (κ2) is 9.96. The maximum absolute atomic E-state index is 12.8. The third-order valence-corrected chi connectivity index (χ3v) is 8.56. The number of rotatable bonds is 6. The van der Waals surface area contributed by atoms with Crippen LogP contribution in [0.1, 0.15) is 37.9 Å². The van der Waals surface area contributed by atoms with Gasteiger partial charge in [-0.1, -0.05) is 30.3 Å². The number of nitrogens with one attached hydrogen (secondary N) is 5. The number of carbonyl (C=O) groups is 2. The Morgan fingerprint density at radius 2 is 1.84 bits per heavy atom. The van der Waals surface area contributed by atoms with Gasteiger partial charge in [0.15, 0.2) is 0 Å². The molecule has 3 heterocycles. The highest BCUT2D eigenvalue weighted by atomic mass is 16.5. The Labute approximate surface area is 217 Å². The van der Waals surface area contributed by atoms with E-state index in [0.29, 0.717) is 13.2 Å². The summed E-state index contributed by atoms with van der Waals surface area (Å²) in [5, 5.41) is 10.8. The fourth-order valence-electron chi connectivity index (χ4n) is 6.34. The number of hydrazine groups is 1. The monoisotopic (exact) mass is 504 g/mol. The quantitative estimate of drug-likeness (QED) is 0.381. The molecule has 0 radical (unpaired) electrons. The number of amides is 1. The second-order valence-electron chi connectivity index (χ2n) is 10.7. The van der Waals surface area contributed by atoms with Crippen molar-refractivity contribution in [2.75, 3.05) is 36.5 Å². The third kappa shape index (κ3) is 4.79. The summed E-state index contributed by atoms with van der Waals surface area (Å²) in [5.74, 6) is -0.211. The first-order chi connectivity index (χ1) is 18.1. The fourth-order valence-corrected chi connectivity index (χ4v) is 6.34. The Balaban J connectivity index is 1.10. The predicted octanol–water partition coefficient (Wildman–Crippen LogP) is 2.11. The summed E-state index contributed by atoms with van der Waals surface area (Å²) < 4.78 is 5.25. The van der Waals surface area contributed by atoms with Crippen LogP contribution in [0.5, 0.6) is 0 Å². The number of anilines is 2. The second-order valence-corrected chi connectivity index (χ2v) is 10.7. The van der Waals surface area contributed by atoms with E-state index in [9.17, 15) is 9.59 Å². The van der Waals surface area contributed by atoms with Crippen molar-refractivity contribution in [3.8, 4) is 0 Å². The lowest BCUT2D eigenvalue weighted by Gasteiger charge is -2.46. The van der Waals surface area contributed by atoms with Crippen LogP contribution in [0, 0.1) is 17.3 Å². The Morgan fingerprint density at radius 3 is 2.57 bits per heavy atom. The van der Waals surface area contributed by atoms with Crippen LogP contribution in [0.25, 0.3) is 0 Å². The van der Waals surface area contributed by atoms with Gasteiger partial charge in [-0.05, 0) is 61.4 Å². The average Bonchev–Trinajstić information content (AvgIpc) is 3.63. The van der Waals surface area contributed by atoms with Gasteiger partial charge in [0.2, 0.25) is 5.91 Å². The Morgan fingerprint density at radius 1 is 1.08 bits per heavy atom. The third-order valence-electron chi connectivity index (χ3n) is 8.56. The first-order valence-electron chi connectivity index (χ1n) is 13.4. The lowest BCUT2D eigenvalue weighted by Crippen LogP contribution is -2.71. The zero-order valence-corrected chi connectivity index (χ0v) is 21.2. The van der Waals surface area contributed by atoms with Gasteiger partial charge in [0, 0.05) is 37.1 Å². The highest BCUT2D eigenvalue weighted by Gasteiger charge is 2.59. The van der Waals surface area contributed by atoms with Gasteiger partial charge in [0.05, 0.1) is 30.8 Å². The number of piperidine rings is 1. The molecule has 1 spiro atoms. The van der Waals surface area contributed by atoms with E-state index < -0.39 is 0 Å². The first-order valence-corrected chi connectivity index (χ1v) is 13.4. The van der Waals surface area contributed by atoms with E-state index in [2.05, 4.69) is 68.1 Å². The van der Waals surface area contributed by atoms with Crippen molar-refractivity contribution in [1.82, 2.24) is 21.5 Å². The Bertz CT molecular complexity index is 1120. The molecule has 4 fully saturated rings. The van der Waals surface area contributed by atoms with Crippen LogP contribution >= 0.6 is 0 Å². The van der Waals surface area contributed by atoms with Crippen molar-refractivity contribution in [2.45, 2.75) is 44.6 Å². The van der Waals surface area contributed by atoms with Crippen LogP contribution in [0.3, 0.4) is 0 Å². The molecule has 2 aromatic rings. The van der Waals surface area contributed by atoms with Gasteiger partial charge in [-0.15, -0.1) is 0 Å². The van der Waals surface area contributed by atoms with Crippen molar-refractivity contribution in [1.29, 1.82) is 0 Å². The smallest absolute Gasteiger partial charge is 0.309 e.